The molecule has 0 atom stereocenters. The van der Waals surface area contributed by atoms with Gasteiger partial charge in [-0.25, -0.2) is 4.98 Å². The van der Waals surface area contributed by atoms with Gasteiger partial charge in [-0.2, -0.15) is 14.6 Å². The van der Waals surface area contributed by atoms with Crippen molar-refractivity contribution < 1.29 is 0 Å². The van der Waals surface area contributed by atoms with Gasteiger partial charge in [-0.3, -0.25) is 0 Å². The van der Waals surface area contributed by atoms with E-state index in [1.165, 1.54) is 16.0 Å². The fourth-order valence-electron chi connectivity index (χ4n) is 4.03. The molecular weight excluding hydrogens is 436 g/mol. The molecule has 1 fully saturated rings. The van der Waals surface area contributed by atoms with Crippen LogP contribution in [0.25, 0.3) is 16.1 Å². The maximum Gasteiger partial charge on any atom is 0.228 e. The van der Waals surface area contributed by atoms with Crippen molar-refractivity contribution in [2.24, 2.45) is 0 Å². The Morgan fingerprint density at radius 2 is 2.00 bits per heavy atom. The van der Waals surface area contributed by atoms with E-state index in [1.54, 1.807) is 23.1 Å². The van der Waals surface area contributed by atoms with Crippen LogP contribution in [0.2, 0.25) is 0 Å². The van der Waals surface area contributed by atoms with Crippen LogP contribution in [-0.2, 0) is 6.54 Å². The van der Waals surface area contributed by atoms with Crippen LogP contribution >= 0.6 is 23.1 Å². The summed E-state index contributed by atoms with van der Waals surface area (Å²) < 4.78 is 1.86. The highest BCUT2D eigenvalue weighted by atomic mass is 32.2. The van der Waals surface area contributed by atoms with Gasteiger partial charge in [0.2, 0.25) is 5.95 Å². The topological polar surface area (TPSA) is 67.1 Å². The molecule has 4 heterocycles. The Kier molecular flexibility index (Phi) is 6.43. The molecule has 4 aromatic rings. The van der Waals surface area contributed by atoms with Crippen molar-refractivity contribution in [3.8, 4) is 10.4 Å². The molecule has 0 aliphatic carbocycles. The van der Waals surface area contributed by atoms with Crippen LogP contribution in [0.4, 0.5) is 5.95 Å². The largest absolute Gasteiger partial charge is 0.350 e. The minimum absolute atomic E-state index is 0.353. The molecule has 0 unspecified atom stereocenters. The van der Waals surface area contributed by atoms with Gasteiger partial charge in [0.15, 0.2) is 10.8 Å². The third kappa shape index (κ3) is 4.53. The van der Waals surface area contributed by atoms with Crippen LogP contribution in [0.15, 0.2) is 53.1 Å². The average molecular weight is 465 g/mol. The minimum atomic E-state index is 0.353. The molecule has 8 heteroatoms. The molecule has 6 nitrogen and oxygen atoms in total. The highest BCUT2D eigenvalue weighted by Crippen LogP contribution is 2.31. The molecular formula is C24H28N6S2. The van der Waals surface area contributed by atoms with E-state index in [9.17, 15) is 0 Å². The SMILES string of the molecule is CC(C)c1cnn2c(NCc3ccccc3-c3cccs3)nc(SC3CCNCC3)nc12. The molecule has 2 N–H and O–H groups in total. The van der Waals surface area contributed by atoms with Gasteiger partial charge in [0.25, 0.3) is 0 Å². The lowest BCUT2D eigenvalue weighted by molar-refractivity contribution is 0.530. The first-order chi connectivity index (χ1) is 15.7. The second-order valence-corrected chi connectivity index (χ2v) is 10.6. The lowest BCUT2D eigenvalue weighted by atomic mass is 10.1. The molecule has 32 heavy (non-hydrogen) atoms. The van der Waals surface area contributed by atoms with Gasteiger partial charge in [-0.15, -0.1) is 11.3 Å². The number of aromatic nitrogens is 4. The molecule has 0 spiro atoms. The Balaban J connectivity index is 1.46. The molecule has 1 aromatic carbocycles. The summed E-state index contributed by atoms with van der Waals surface area (Å²) in [6.07, 6.45) is 4.22. The number of piperidine rings is 1. The first kappa shape index (κ1) is 21.4. The van der Waals surface area contributed by atoms with Crippen molar-refractivity contribution in [2.45, 2.75) is 49.6 Å². The number of rotatable bonds is 7. The van der Waals surface area contributed by atoms with E-state index in [0.29, 0.717) is 17.7 Å². The number of nitrogens with one attached hydrogen (secondary N) is 2. The zero-order valence-corrected chi connectivity index (χ0v) is 20.0. The predicted octanol–water partition coefficient (Wildman–Crippen LogP) is 5.43. The highest BCUT2D eigenvalue weighted by molar-refractivity contribution is 7.99. The van der Waals surface area contributed by atoms with Crippen LogP contribution in [0, 0.1) is 0 Å². The van der Waals surface area contributed by atoms with Crippen molar-refractivity contribution in [1.82, 2.24) is 24.9 Å². The molecule has 0 bridgehead atoms. The maximum atomic E-state index is 4.92. The minimum Gasteiger partial charge on any atom is -0.350 e. The monoisotopic (exact) mass is 464 g/mol. The van der Waals surface area contributed by atoms with Crippen LogP contribution in [0.5, 0.6) is 0 Å². The van der Waals surface area contributed by atoms with Crippen LogP contribution < -0.4 is 10.6 Å². The Bertz CT molecular complexity index is 1180. The molecule has 1 saturated heterocycles. The van der Waals surface area contributed by atoms with E-state index in [1.807, 2.05) is 10.7 Å². The summed E-state index contributed by atoms with van der Waals surface area (Å²) in [6.45, 7) is 7.17. The third-order valence-electron chi connectivity index (χ3n) is 5.80. The number of benzene rings is 1. The van der Waals surface area contributed by atoms with Crippen molar-refractivity contribution in [3.05, 3.63) is 59.1 Å². The Hall–Kier alpha value is -2.42. The summed E-state index contributed by atoms with van der Waals surface area (Å²) in [5.74, 6) is 1.10. The molecule has 0 radical (unpaired) electrons. The van der Waals surface area contributed by atoms with Gasteiger partial charge >= 0.3 is 0 Å². The zero-order valence-electron chi connectivity index (χ0n) is 18.4. The van der Waals surface area contributed by atoms with Crippen LogP contribution in [-0.4, -0.2) is 37.9 Å². The summed E-state index contributed by atoms with van der Waals surface area (Å²) in [6, 6.07) is 12.8. The third-order valence-corrected chi connectivity index (χ3v) is 7.90. The van der Waals surface area contributed by atoms with Gasteiger partial charge in [-0.05, 0) is 54.4 Å². The number of thiophene rings is 1. The Morgan fingerprint density at radius 3 is 2.78 bits per heavy atom. The normalized spacial score (nSPS) is 15.0. The lowest BCUT2D eigenvalue weighted by Crippen LogP contribution is -2.29. The smallest absolute Gasteiger partial charge is 0.228 e. The first-order valence-corrected chi connectivity index (χ1v) is 12.9. The highest BCUT2D eigenvalue weighted by Gasteiger charge is 2.20. The van der Waals surface area contributed by atoms with Gasteiger partial charge < -0.3 is 10.6 Å². The van der Waals surface area contributed by atoms with E-state index >= 15 is 0 Å². The van der Waals surface area contributed by atoms with Crippen molar-refractivity contribution in [1.29, 1.82) is 0 Å². The lowest BCUT2D eigenvalue weighted by Gasteiger charge is -2.21. The molecule has 5 rings (SSSR count). The van der Waals surface area contributed by atoms with Crippen LogP contribution in [0.1, 0.15) is 43.7 Å². The summed E-state index contributed by atoms with van der Waals surface area (Å²) in [5, 5.41) is 15.1. The van der Waals surface area contributed by atoms with E-state index in [2.05, 4.69) is 71.4 Å². The summed E-state index contributed by atoms with van der Waals surface area (Å²) in [5.41, 5.74) is 4.56. The quantitative estimate of drug-likeness (QED) is 0.380. The fraction of sp³-hybridized carbons (Fsp3) is 0.375. The standard InChI is InChI=1S/C24H28N6S2/c1-16(2)20-15-27-30-22(20)28-24(32-18-9-11-25-12-10-18)29-23(30)26-14-17-6-3-4-7-19(17)21-8-5-13-31-21/h3-8,13,15-16,18,25H,9-12,14H2,1-2H3,(H,26,28,29). The number of hydrogen-bond donors (Lipinski definition) is 2. The first-order valence-electron chi connectivity index (χ1n) is 11.2. The van der Waals surface area contributed by atoms with E-state index < -0.39 is 0 Å². The van der Waals surface area contributed by atoms with Crippen LogP contribution in [0.3, 0.4) is 0 Å². The molecule has 3 aromatic heterocycles. The van der Waals surface area contributed by atoms with E-state index in [0.717, 1.165) is 48.2 Å². The van der Waals surface area contributed by atoms with Crippen molar-refractivity contribution in [3.63, 3.8) is 0 Å². The molecule has 166 valence electrons. The van der Waals surface area contributed by atoms with E-state index in [-0.39, 0.29) is 0 Å². The number of thioether (sulfide) groups is 1. The summed E-state index contributed by atoms with van der Waals surface area (Å²) in [4.78, 5) is 11.1. The summed E-state index contributed by atoms with van der Waals surface area (Å²) >= 11 is 3.56. The number of fused-ring (bicyclic) bond motifs is 1. The van der Waals surface area contributed by atoms with Gasteiger partial charge in [-0.1, -0.05) is 55.9 Å². The van der Waals surface area contributed by atoms with E-state index in [4.69, 9.17) is 9.97 Å². The fourth-order valence-corrected chi connectivity index (χ4v) is 5.87. The molecule has 1 aliphatic heterocycles. The second-order valence-electron chi connectivity index (χ2n) is 8.38. The van der Waals surface area contributed by atoms with Gasteiger partial charge in [0.05, 0.1) is 6.20 Å². The zero-order chi connectivity index (χ0) is 21.9. The number of anilines is 1. The average Bonchev–Trinajstić information content (AvgIpc) is 3.49. The molecule has 0 amide bonds. The predicted molar refractivity (Wildman–Crippen MR) is 134 cm³/mol. The Labute approximate surface area is 196 Å². The molecule has 0 saturated carbocycles. The second kappa shape index (κ2) is 9.60. The maximum absolute atomic E-state index is 4.92. The van der Waals surface area contributed by atoms with Crippen molar-refractivity contribution >= 4 is 34.7 Å². The molecule has 1 aliphatic rings. The number of hydrogen-bond acceptors (Lipinski definition) is 7. The Morgan fingerprint density at radius 1 is 1.16 bits per heavy atom. The van der Waals surface area contributed by atoms with Crippen molar-refractivity contribution in [2.75, 3.05) is 18.4 Å². The van der Waals surface area contributed by atoms with Gasteiger partial charge in [0.1, 0.15) is 0 Å². The van der Waals surface area contributed by atoms with Gasteiger partial charge in [0, 0.05) is 22.2 Å². The number of nitrogens with zero attached hydrogens (tertiary/aromatic N) is 4. The summed E-state index contributed by atoms with van der Waals surface area (Å²) in [7, 11) is 0.